The van der Waals surface area contributed by atoms with Crippen molar-refractivity contribution in [3.8, 4) is 0 Å². The standard InChI is InChI=1S/C15H21NO5/c17-10-13(9-14-19-7-4-8-20-14)16-15(18)21-11-12-5-2-1-3-6-12/h1-3,5-6,13-14,17H,4,7-11H2,(H,16,18)/t13-/m0/s1. The van der Waals surface area contributed by atoms with Gasteiger partial charge in [-0.25, -0.2) is 4.79 Å². The molecule has 1 aromatic carbocycles. The Balaban J connectivity index is 1.71. The van der Waals surface area contributed by atoms with E-state index >= 15 is 0 Å². The van der Waals surface area contributed by atoms with Gasteiger partial charge >= 0.3 is 6.09 Å². The molecule has 0 bridgehead atoms. The number of hydrogen-bond acceptors (Lipinski definition) is 5. The first-order valence-electron chi connectivity index (χ1n) is 7.09. The van der Waals surface area contributed by atoms with Crippen molar-refractivity contribution in [2.45, 2.75) is 31.8 Å². The average Bonchev–Trinajstić information content (AvgIpc) is 2.54. The summed E-state index contributed by atoms with van der Waals surface area (Å²) in [7, 11) is 0. The van der Waals surface area contributed by atoms with Crippen molar-refractivity contribution < 1.29 is 24.1 Å². The van der Waals surface area contributed by atoms with Gasteiger partial charge in [0.2, 0.25) is 0 Å². The number of carbonyl (C=O) groups excluding carboxylic acids is 1. The highest BCUT2D eigenvalue weighted by Gasteiger charge is 2.21. The lowest BCUT2D eigenvalue weighted by Gasteiger charge is -2.26. The van der Waals surface area contributed by atoms with Gasteiger partial charge in [-0.05, 0) is 12.0 Å². The van der Waals surface area contributed by atoms with Crippen LogP contribution in [0.2, 0.25) is 0 Å². The lowest BCUT2D eigenvalue weighted by molar-refractivity contribution is -0.184. The van der Waals surface area contributed by atoms with E-state index in [1.54, 1.807) is 0 Å². The zero-order valence-electron chi connectivity index (χ0n) is 11.9. The van der Waals surface area contributed by atoms with Crippen LogP contribution in [0, 0.1) is 0 Å². The number of ether oxygens (including phenoxy) is 3. The monoisotopic (exact) mass is 295 g/mol. The molecule has 0 spiro atoms. The third-order valence-corrected chi connectivity index (χ3v) is 3.13. The highest BCUT2D eigenvalue weighted by atomic mass is 16.7. The van der Waals surface area contributed by atoms with Crippen LogP contribution >= 0.6 is 0 Å². The van der Waals surface area contributed by atoms with Crippen LogP contribution in [0.25, 0.3) is 0 Å². The maximum atomic E-state index is 11.7. The zero-order chi connectivity index (χ0) is 14.9. The summed E-state index contributed by atoms with van der Waals surface area (Å²) in [6.07, 6.45) is 0.322. The normalized spacial score (nSPS) is 17.2. The molecule has 0 unspecified atom stereocenters. The molecule has 0 radical (unpaired) electrons. The van der Waals surface area contributed by atoms with Gasteiger partial charge in [0.1, 0.15) is 6.61 Å². The molecule has 2 N–H and O–H groups in total. The minimum absolute atomic E-state index is 0.191. The predicted molar refractivity (Wildman–Crippen MR) is 75.6 cm³/mol. The molecule has 1 aromatic rings. The molecule has 1 aliphatic heterocycles. The van der Waals surface area contributed by atoms with Gasteiger partial charge in [0.15, 0.2) is 6.29 Å². The maximum absolute atomic E-state index is 11.7. The second-order valence-electron chi connectivity index (χ2n) is 4.85. The molecule has 1 amide bonds. The molecule has 1 fully saturated rings. The Labute approximate surface area is 124 Å². The lowest BCUT2D eigenvalue weighted by atomic mass is 10.2. The molecule has 116 valence electrons. The Morgan fingerprint density at radius 2 is 2.05 bits per heavy atom. The first kappa shape index (κ1) is 15.8. The minimum Gasteiger partial charge on any atom is -0.445 e. The van der Waals surface area contributed by atoms with Gasteiger partial charge in [-0.2, -0.15) is 0 Å². The summed E-state index contributed by atoms with van der Waals surface area (Å²) in [6.45, 7) is 1.29. The average molecular weight is 295 g/mol. The van der Waals surface area contributed by atoms with Crippen LogP contribution in [0.4, 0.5) is 4.79 Å². The summed E-state index contributed by atoms with van der Waals surface area (Å²) in [5.41, 5.74) is 0.909. The summed E-state index contributed by atoms with van der Waals surface area (Å²) in [5.74, 6) is 0. The van der Waals surface area contributed by atoms with Crippen molar-refractivity contribution in [1.29, 1.82) is 0 Å². The SMILES string of the molecule is O=C(N[C@H](CO)CC1OCCCO1)OCc1ccccc1. The van der Waals surface area contributed by atoms with Gasteiger partial charge < -0.3 is 24.6 Å². The Morgan fingerprint density at radius 1 is 1.33 bits per heavy atom. The minimum atomic E-state index is -0.561. The molecular formula is C15H21NO5. The van der Waals surface area contributed by atoms with Gasteiger partial charge in [-0.15, -0.1) is 0 Å². The van der Waals surface area contributed by atoms with Gasteiger partial charge in [-0.3, -0.25) is 0 Å². The van der Waals surface area contributed by atoms with Crippen LogP contribution in [0.1, 0.15) is 18.4 Å². The number of carbonyl (C=O) groups is 1. The number of alkyl carbamates (subject to hydrolysis) is 1. The molecule has 0 saturated carbocycles. The summed E-state index contributed by atoms with van der Waals surface area (Å²) >= 11 is 0. The second-order valence-corrected chi connectivity index (χ2v) is 4.85. The van der Waals surface area contributed by atoms with Crippen molar-refractivity contribution in [3.05, 3.63) is 35.9 Å². The predicted octanol–water partition coefficient (Wildman–Crippen LogP) is 1.43. The molecule has 1 atom stereocenters. The highest BCUT2D eigenvalue weighted by molar-refractivity contribution is 5.67. The number of benzene rings is 1. The largest absolute Gasteiger partial charge is 0.445 e. The van der Waals surface area contributed by atoms with E-state index < -0.39 is 12.1 Å². The molecule has 0 aliphatic carbocycles. The third-order valence-electron chi connectivity index (χ3n) is 3.13. The van der Waals surface area contributed by atoms with Gasteiger partial charge in [0, 0.05) is 6.42 Å². The molecule has 6 nitrogen and oxygen atoms in total. The van der Waals surface area contributed by atoms with Crippen LogP contribution in [0.3, 0.4) is 0 Å². The molecule has 0 aromatic heterocycles. The van der Waals surface area contributed by atoms with Crippen molar-refractivity contribution in [3.63, 3.8) is 0 Å². The Hall–Kier alpha value is -1.63. The molecule has 1 saturated heterocycles. The zero-order valence-corrected chi connectivity index (χ0v) is 11.9. The van der Waals surface area contributed by atoms with Gasteiger partial charge in [-0.1, -0.05) is 30.3 Å². The number of amides is 1. The van der Waals surface area contributed by atoms with E-state index in [0.29, 0.717) is 19.6 Å². The number of aliphatic hydroxyl groups excluding tert-OH is 1. The third kappa shape index (κ3) is 5.71. The van der Waals surface area contributed by atoms with Crippen molar-refractivity contribution >= 4 is 6.09 Å². The molecule has 6 heteroatoms. The molecule has 2 rings (SSSR count). The van der Waals surface area contributed by atoms with E-state index in [2.05, 4.69) is 5.32 Å². The lowest BCUT2D eigenvalue weighted by Crippen LogP contribution is -2.42. The fourth-order valence-corrected chi connectivity index (χ4v) is 2.02. The first-order valence-corrected chi connectivity index (χ1v) is 7.09. The van der Waals surface area contributed by atoms with Crippen LogP contribution in [0.15, 0.2) is 30.3 Å². The van der Waals surface area contributed by atoms with E-state index in [-0.39, 0.29) is 19.5 Å². The van der Waals surface area contributed by atoms with Gasteiger partial charge in [0.05, 0.1) is 25.9 Å². The van der Waals surface area contributed by atoms with Crippen LogP contribution < -0.4 is 5.32 Å². The molecule has 21 heavy (non-hydrogen) atoms. The quantitative estimate of drug-likeness (QED) is 0.830. The van der Waals surface area contributed by atoms with E-state index in [4.69, 9.17) is 14.2 Å². The summed E-state index contributed by atoms with van der Waals surface area (Å²) in [4.78, 5) is 11.7. The van der Waals surface area contributed by atoms with Crippen LogP contribution in [-0.4, -0.2) is 43.4 Å². The van der Waals surface area contributed by atoms with Crippen LogP contribution in [0.5, 0.6) is 0 Å². The van der Waals surface area contributed by atoms with Gasteiger partial charge in [0.25, 0.3) is 0 Å². The Morgan fingerprint density at radius 3 is 2.71 bits per heavy atom. The topological polar surface area (TPSA) is 77.0 Å². The molecule has 1 heterocycles. The smallest absolute Gasteiger partial charge is 0.407 e. The molecular weight excluding hydrogens is 274 g/mol. The van der Waals surface area contributed by atoms with Crippen molar-refractivity contribution in [1.82, 2.24) is 5.32 Å². The maximum Gasteiger partial charge on any atom is 0.407 e. The van der Waals surface area contributed by atoms with E-state index in [1.165, 1.54) is 0 Å². The Bertz CT molecular complexity index is 419. The van der Waals surface area contributed by atoms with Crippen molar-refractivity contribution in [2.75, 3.05) is 19.8 Å². The molecule has 1 aliphatic rings. The number of nitrogens with one attached hydrogen (secondary N) is 1. The second kappa shape index (κ2) is 8.61. The fraction of sp³-hybridized carbons (Fsp3) is 0.533. The Kier molecular flexibility index (Phi) is 6.46. The summed E-state index contributed by atoms with van der Waals surface area (Å²) in [5, 5.41) is 11.9. The van der Waals surface area contributed by atoms with Crippen molar-refractivity contribution in [2.24, 2.45) is 0 Å². The summed E-state index contributed by atoms with van der Waals surface area (Å²) < 4.78 is 15.9. The summed E-state index contributed by atoms with van der Waals surface area (Å²) in [6, 6.07) is 8.96. The van der Waals surface area contributed by atoms with Crippen LogP contribution in [-0.2, 0) is 20.8 Å². The number of aliphatic hydroxyl groups is 1. The first-order chi connectivity index (χ1) is 10.3. The van der Waals surface area contributed by atoms with E-state index in [1.807, 2.05) is 30.3 Å². The fourth-order valence-electron chi connectivity index (χ4n) is 2.02. The van der Waals surface area contributed by atoms with E-state index in [9.17, 15) is 9.90 Å². The number of rotatable bonds is 6. The highest BCUT2D eigenvalue weighted by Crippen LogP contribution is 2.11. The van der Waals surface area contributed by atoms with E-state index in [0.717, 1.165) is 12.0 Å². The number of hydrogen-bond donors (Lipinski definition) is 2.